The number of aromatic nitrogens is 2. The number of rotatable bonds is 3. The molecular formula is C7H11N3O. The summed E-state index contributed by atoms with van der Waals surface area (Å²) in [6, 6.07) is 1.48. The van der Waals surface area contributed by atoms with Crippen LogP contribution in [0.4, 0.5) is 0 Å². The van der Waals surface area contributed by atoms with Gasteiger partial charge in [-0.25, -0.2) is 9.97 Å². The van der Waals surface area contributed by atoms with Gasteiger partial charge in [0.2, 0.25) is 0 Å². The van der Waals surface area contributed by atoms with Crippen LogP contribution in [-0.2, 0) is 0 Å². The molecule has 60 valence electrons. The fraction of sp³-hybridized carbons (Fsp3) is 0.429. The maximum absolute atomic E-state index is 8.56. The fourth-order valence-electron chi connectivity index (χ4n) is 0.770. The summed E-state index contributed by atoms with van der Waals surface area (Å²) in [5, 5.41) is 8.56. The van der Waals surface area contributed by atoms with E-state index >= 15 is 0 Å². The minimum absolute atomic E-state index is 0.0689. The van der Waals surface area contributed by atoms with Gasteiger partial charge in [0.05, 0.1) is 6.04 Å². The van der Waals surface area contributed by atoms with Gasteiger partial charge in [0.1, 0.15) is 5.82 Å². The van der Waals surface area contributed by atoms with Crippen LogP contribution in [-0.4, -0.2) is 21.7 Å². The molecule has 1 rings (SSSR count). The molecule has 0 aliphatic heterocycles. The van der Waals surface area contributed by atoms with Crippen LogP contribution in [0.5, 0.6) is 0 Å². The van der Waals surface area contributed by atoms with E-state index in [2.05, 4.69) is 9.97 Å². The number of hydrogen-bond acceptors (Lipinski definition) is 4. The lowest BCUT2D eigenvalue weighted by Crippen LogP contribution is -2.14. The van der Waals surface area contributed by atoms with Gasteiger partial charge in [-0.1, -0.05) is 0 Å². The maximum atomic E-state index is 8.56. The Morgan fingerprint density at radius 2 is 2.09 bits per heavy atom. The van der Waals surface area contributed by atoms with E-state index in [1.807, 2.05) is 0 Å². The largest absolute Gasteiger partial charge is 0.396 e. The molecule has 0 radical (unpaired) electrons. The molecule has 0 saturated heterocycles. The number of aliphatic hydroxyl groups excluding tert-OH is 1. The molecule has 0 fully saturated rings. The summed E-state index contributed by atoms with van der Waals surface area (Å²) in [7, 11) is 0. The highest BCUT2D eigenvalue weighted by Gasteiger charge is 2.05. The Bertz CT molecular complexity index is 202. The Balaban J connectivity index is 2.61. The van der Waals surface area contributed by atoms with Crippen molar-refractivity contribution in [2.45, 2.75) is 12.5 Å². The zero-order chi connectivity index (χ0) is 8.10. The minimum Gasteiger partial charge on any atom is -0.396 e. The molecule has 0 bridgehead atoms. The third-order valence-electron chi connectivity index (χ3n) is 1.36. The molecule has 0 spiro atoms. The van der Waals surface area contributed by atoms with Crippen LogP contribution >= 0.6 is 0 Å². The van der Waals surface area contributed by atoms with Gasteiger partial charge in [0.15, 0.2) is 0 Å². The summed E-state index contributed by atoms with van der Waals surface area (Å²) >= 11 is 0. The second-order valence-electron chi connectivity index (χ2n) is 2.23. The molecule has 0 saturated carbocycles. The molecule has 3 N–H and O–H groups in total. The van der Waals surface area contributed by atoms with Crippen molar-refractivity contribution < 1.29 is 5.11 Å². The lowest BCUT2D eigenvalue weighted by atomic mass is 10.2. The number of hydrogen-bond donors (Lipinski definition) is 2. The highest BCUT2D eigenvalue weighted by molar-refractivity contribution is 4.94. The van der Waals surface area contributed by atoms with Gasteiger partial charge in [0.25, 0.3) is 0 Å². The van der Waals surface area contributed by atoms with Gasteiger partial charge in [-0.2, -0.15) is 0 Å². The zero-order valence-electron chi connectivity index (χ0n) is 6.14. The molecular weight excluding hydrogens is 142 g/mol. The summed E-state index contributed by atoms with van der Waals surface area (Å²) in [6.45, 7) is 0.0689. The standard InChI is InChI=1S/C7H11N3O/c8-6(2-5-11)7-9-3-1-4-10-7/h1,3-4,6,11H,2,5,8H2. The van der Waals surface area contributed by atoms with Crippen LogP contribution in [0.1, 0.15) is 18.3 Å². The van der Waals surface area contributed by atoms with E-state index in [4.69, 9.17) is 10.8 Å². The topological polar surface area (TPSA) is 72.0 Å². The Kier molecular flexibility index (Phi) is 2.95. The number of nitrogens with zero attached hydrogens (tertiary/aromatic N) is 2. The minimum atomic E-state index is -0.249. The first-order chi connectivity index (χ1) is 5.34. The van der Waals surface area contributed by atoms with Gasteiger partial charge in [-0.05, 0) is 12.5 Å². The first-order valence-corrected chi connectivity index (χ1v) is 3.48. The van der Waals surface area contributed by atoms with Crippen molar-refractivity contribution in [1.29, 1.82) is 0 Å². The maximum Gasteiger partial charge on any atom is 0.144 e. The summed E-state index contributed by atoms with van der Waals surface area (Å²) in [6.07, 6.45) is 3.78. The SMILES string of the molecule is NC(CCO)c1ncccn1. The lowest BCUT2D eigenvalue weighted by molar-refractivity contribution is 0.274. The highest BCUT2D eigenvalue weighted by atomic mass is 16.3. The molecule has 1 atom stereocenters. The third kappa shape index (κ3) is 2.25. The average molecular weight is 153 g/mol. The normalized spacial score (nSPS) is 12.9. The second kappa shape index (κ2) is 4.00. The van der Waals surface area contributed by atoms with Gasteiger partial charge in [0, 0.05) is 19.0 Å². The predicted molar refractivity (Wildman–Crippen MR) is 40.7 cm³/mol. The van der Waals surface area contributed by atoms with Crippen LogP contribution in [0, 0.1) is 0 Å². The van der Waals surface area contributed by atoms with E-state index in [0.29, 0.717) is 12.2 Å². The van der Waals surface area contributed by atoms with Crippen molar-refractivity contribution in [2.24, 2.45) is 5.73 Å². The molecule has 0 aliphatic rings. The first kappa shape index (κ1) is 8.10. The van der Waals surface area contributed by atoms with Gasteiger partial charge >= 0.3 is 0 Å². The van der Waals surface area contributed by atoms with E-state index in [1.54, 1.807) is 18.5 Å². The second-order valence-corrected chi connectivity index (χ2v) is 2.23. The first-order valence-electron chi connectivity index (χ1n) is 3.48. The Morgan fingerprint density at radius 1 is 1.45 bits per heavy atom. The smallest absolute Gasteiger partial charge is 0.144 e. The molecule has 0 amide bonds. The molecule has 1 heterocycles. The molecule has 0 aromatic carbocycles. The Morgan fingerprint density at radius 3 is 2.64 bits per heavy atom. The van der Waals surface area contributed by atoms with Gasteiger partial charge < -0.3 is 10.8 Å². The number of aliphatic hydroxyl groups is 1. The molecule has 0 aliphatic carbocycles. The summed E-state index contributed by atoms with van der Waals surface area (Å²) < 4.78 is 0. The summed E-state index contributed by atoms with van der Waals surface area (Å²) in [5.74, 6) is 0.585. The summed E-state index contributed by atoms with van der Waals surface area (Å²) in [4.78, 5) is 7.90. The van der Waals surface area contributed by atoms with Crippen LogP contribution in [0.15, 0.2) is 18.5 Å². The Labute approximate surface area is 65.1 Å². The zero-order valence-corrected chi connectivity index (χ0v) is 6.14. The molecule has 4 heteroatoms. The van der Waals surface area contributed by atoms with Crippen LogP contribution < -0.4 is 5.73 Å². The van der Waals surface area contributed by atoms with Crippen molar-refractivity contribution in [3.8, 4) is 0 Å². The third-order valence-corrected chi connectivity index (χ3v) is 1.36. The van der Waals surface area contributed by atoms with Crippen LogP contribution in [0.2, 0.25) is 0 Å². The molecule has 4 nitrogen and oxygen atoms in total. The highest BCUT2D eigenvalue weighted by Crippen LogP contribution is 2.05. The van der Waals surface area contributed by atoms with Crippen molar-refractivity contribution in [2.75, 3.05) is 6.61 Å². The molecule has 1 aromatic heterocycles. The predicted octanol–water partition coefficient (Wildman–Crippen LogP) is -0.141. The van der Waals surface area contributed by atoms with Crippen LogP contribution in [0.25, 0.3) is 0 Å². The monoisotopic (exact) mass is 153 g/mol. The Hall–Kier alpha value is -1.00. The lowest BCUT2D eigenvalue weighted by Gasteiger charge is -2.06. The van der Waals surface area contributed by atoms with Crippen LogP contribution in [0.3, 0.4) is 0 Å². The quantitative estimate of drug-likeness (QED) is 0.634. The van der Waals surface area contributed by atoms with E-state index in [0.717, 1.165) is 0 Å². The van der Waals surface area contributed by atoms with Crippen molar-refractivity contribution >= 4 is 0 Å². The van der Waals surface area contributed by atoms with E-state index < -0.39 is 0 Å². The fourth-order valence-corrected chi connectivity index (χ4v) is 0.770. The molecule has 1 unspecified atom stereocenters. The van der Waals surface area contributed by atoms with E-state index in [9.17, 15) is 0 Å². The van der Waals surface area contributed by atoms with Crippen molar-refractivity contribution in [3.05, 3.63) is 24.3 Å². The van der Waals surface area contributed by atoms with E-state index in [-0.39, 0.29) is 12.6 Å². The molecule has 1 aromatic rings. The summed E-state index contributed by atoms with van der Waals surface area (Å²) in [5.41, 5.74) is 5.62. The van der Waals surface area contributed by atoms with Gasteiger partial charge in [-0.3, -0.25) is 0 Å². The number of nitrogens with two attached hydrogens (primary N) is 1. The van der Waals surface area contributed by atoms with Gasteiger partial charge in [-0.15, -0.1) is 0 Å². The van der Waals surface area contributed by atoms with Crippen molar-refractivity contribution in [3.63, 3.8) is 0 Å². The van der Waals surface area contributed by atoms with Crippen molar-refractivity contribution in [1.82, 2.24) is 9.97 Å². The molecule has 11 heavy (non-hydrogen) atoms. The van der Waals surface area contributed by atoms with E-state index in [1.165, 1.54) is 0 Å². The average Bonchev–Trinajstić information content (AvgIpc) is 2.07.